The van der Waals surface area contributed by atoms with Crippen LogP contribution in [0, 0.1) is 0 Å². The van der Waals surface area contributed by atoms with Crippen molar-refractivity contribution in [2.45, 2.75) is 76.4 Å². The highest BCUT2D eigenvalue weighted by Crippen LogP contribution is 2.21. The lowest BCUT2D eigenvalue weighted by atomic mass is 10.1. The van der Waals surface area contributed by atoms with Crippen molar-refractivity contribution >= 4 is 16.1 Å². The monoisotopic (exact) mass is 344 g/mol. The molecule has 0 saturated carbocycles. The number of hydrogen-bond donors (Lipinski definition) is 1. The van der Waals surface area contributed by atoms with Gasteiger partial charge in [0, 0.05) is 6.42 Å². The average molecular weight is 344 g/mol. The predicted octanol–water partition coefficient (Wildman–Crippen LogP) is 3.93. The molecule has 0 amide bonds. The molecule has 0 aromatic carbocycles. The normalized spacial score (nSPS) is 12.4. The molecule has 0 unspecified atom stereocenters. The summed E-state index contributed by atoms with van der Waals surface area (Å²) in [5.41, 5.74) is 0. The third-order valence-electron chi connectivity index (χ3n) is 3.26. The zero-order valence-electron chi connectivity index (χ0n) is 13.0. The molecule has 0 fully saturated rings. The van der Waals surface area contributed by atoms with E-state index in [0.29, 0.717) is 6.42 Å². The molecule has 0 atom stereocenters. The number of halogens is 2. The van der Waals surface area contributed by atoms with Crippen LogP contribution in [0.4, 0.5) is 8.78 Å². The Morgan fingerprint density at radius 3 is 1.91 bits per heavy atom. The Hall–Kier alpha value is -0.760. The maximum Gasteiger partial charge on any atom is 0.402 e. The Morgan fingerprint density at radius 1 is 1.00 bits per heavy atom. The third-order valence-corrected chi connectivity index (χ3v) is 4.14. The van der Waals surface area contributed by atoms with Gasteiger partial charge >= 0.3 is 21.3 Å². The molecule has 0 aromatic rings. The molecule has 0 bridgehead atoms. The number of hydrogen-bond acceptors (Lipinski definition) is 4. The van der Waals surface area contributed by atoms with Crippen molar-refractivity contribution in [1.29, 1.82) is 0 Å². The molecule has 0 spiro atoms. The first-order valence-electron chi connectivity index (χ1n) is 7.71. The highest BCUT2D eigenvalue weighted by atomic mass is 32.2. The van der Waals surface area contributed by atoms with Gasteiger partial charge in [0.05, 0.1) is 0 Å². The quantitative estimate of drug-likeness (QED) is 0.311. The third kappa shape index (κ3) is 10.0. The van der Waals surface area contributed by atoms with Gasteiger partial charge in [-0.25, -0.2) is 0 Å². The van der Waals surface area contributed by atoms with Gasteiger partial charge in [-0.2, -0.15) is 17.2 Å². The molecule has 0 aliphatic carbocycles. The maximum atomic E-state index is 12.8. The largest absolute Gasteiger partial charge is 0.458 e. The lowest BCUT2D eigenvalue weighted by molar-refractivity contribution is -0.149. The maximum absolute atomic E-state index is 12.8. The number of carbonyl (C=O) groups is 1. The molecule has 0 saturated heterocycles. The van der Waals surface area contributed by atoms with Crippen molar-refractivity contribution in [2.75, 3.05) is 6.61 Å². The molecule has 132 valence electrons. The lowest BCUT2D eigenvalue weighted by Crippen LogP contribution is -2.34. The van der Waals surface area contributed by atoms with E-state index in [2.05, 4.69) is 11.7 Å². The highest BCUT2D eigenvalue weighted by Gasteiger charge is 2.45. The van der Waals surface area contributed by atoms with Crippen LogP contribution >= 0.6 is 0 Å². The van der Waals surface area contributed by atoms with Gasteiger partial charge in [-0.05, 0) is 6.42 Å². The van der Waals surface area contributed by atoms with Crippen LogP contribution in [0.15, 0.2) is 0 Å². The van der Waals surface area contributed by atoms with Crippen LogP contribution < -0.4 is 0 Å². The van der Waals surface area contributed by atoms with Crippen molar-refractivity contribution in [3.05, 3.63) is 0 Å². The van der Waals surface area contributed by atoms with Crippen molar-refractivity contribution in [1.82, 2.24) is 0 Å². The summed E-state index contributed by atoms with van der Waals surface area (Å²) in [7, 11) is -5.55. The summed E-state index contributed by atoms with van der Waals surface area (Å²) in [5, 5.41) is -4.46. The highest BCUT2D eigenvalue weighted by molar-refractivity contribution is 7.86. The molecule has 0 aliphatic heterocycles. The molecule has 0 aliphatic rings. The summed E-state index contributed by atoms with van der Waals surface area (Å²) in [6.45, 7) is 0.507. The summed E-state index contributed by atoms with van der Waals surface area (Å²) in [4.78, 5) is 11.2. The molecular formula is C14H26F2O5S. The van der Waals surface area contributed by atoms with E-state index >= 15 is 0 Å². The van der Waals surface area contributed by atoms with Crippen molar-refractivity contribution in [3.63, 3.8) is 0 Å². The fourth-order valence-electron chi connectivity index (χ4n) is 1.89. The first kappa shape index (κ1) is 21.2. The zero-order valence-corrected chi connectivity index (χ0v) is 13.8. The van der Waals surface area contributed by atoms with Crippen LogP contribution in [0.25, 0.3) is 0 Å². The van der Waals surface area contributed by atoms with Gasteiger partial charge in [0.1, 0.15) is 0 Å². The molecule has 8 heteroatoms. The summed E-state index contributed by atoms with van der Waals surface area (Å²) >= 11 is 0. The van der Waals surface area contributed by atoms with Crippen LogP contribution in [0.1, 0.15) is 71.1 Å². The summed E-state index contributed by atoms with van der Waals surface area (Å²) in [6, 6.07) is 0. The van der Waals surface area contributed by atoms with Crippen LogP contribution in [-0.4, -0.2) is 30.8 Å². The summed E-state index contributed by atoms with van der Waals surface area (Å²) in [5.74, 6) is -0.883. The van der Waals surface area contributed by atoms with Crippen LogP contribution in [0.2, 0.25) is 0 Å². The topological polar surface area (TPSA) is 80.7 Å². The molecule has 0 heterocycles. The van der Waals surface area contributed by atoms with E-state index in [1.807, 2.05) is 0 Å². The molecule has 0 rings (SSSR count). The first-order valence-corrected chi connectivity index (χ1v) is 9.15. The molecule has 5 nitrogen and oxygen atoms in total. The van der Waals surface area contributed by atoms with Crippen LogP contribution in [0.3, 0.4) is 0 Å². The lowest BCUT2D eigenvalue weighted by Gasteiger charge is -2.12. The molecule has 22 heavy (non-hydrogen) atoms. The molecular weight excluding hydrogens is 318 g/mol. The van der Waals surface area contributed by atoms with Crippen molar-refractivity contribution in [3.8, 4) is 0 Å². The molecule has 0 aromatic heterocycles. The first-order chi connectivity index (χ1) is 10.2. The number of ether oxygens (including phenoxy) is 1. The van der Waals surface area contributed by atoms with E-state index < -0.39 is 27.9 Å². The fourth-order valence-corrected chi connectivity index (χ4v) is 2.10. The van der Waals surface area contributed by atoms with Crippen molar-refractivity contribution in [2.24, 2.45) is 0 Å². The number of carbonyl (C=O) groups excluding carboxylic acids is 1. The second kappa shape index (κ2) is 10.9. The van der Waals surface area contributed by atoms with Gasteiger partial charge < -0.3 is 4.74 Å². The standard InChI is InChI=1S/C14H26F2O5S/c1-2-3-4-5-6-7-8-9-10-11-13(17)21-12-14(15,16)22(18,19)20/h2-12H2,1H3,(H,18,19,20). The number of unbranched alkanes of at least 4 members (excludes halogenated alkanes) is 8. The van der Waals surface area contributed by atoms with E-state index in [0.717, 1.165) is 25.7 Å². The summed E-state index contributed by atoms with van der Waals surface area (Å²) in [6.07, 6.45) is 9.41. The Morgan fingerprint density at radius 2 is 1.45 bits per heavy atom. The average Bonchev–Trinajstić information content (AvgIpc) is 2.42. The fraction of sp³-hybridized carbons (Fsp3) is 0.929. The van der Waals surface area contributed by atoms with Gasteiger partial charge in [-0.15, -0.1) is 0 Å². The predicted molar refractivity (Wildman–Crippen MR) is 79.3 cm³/mol. The molecule has 1 N–H and O–H groups in total. The number of esters is 1. The summed E-state index contributed by atoms with van der Waals surface area (Å²) < 4.78 is 58.6. The van der Waals surface area contributed by atoms with Gasteiger partial charge in [0.25, 0.3) is 0 Å². The van der Waals surface area contributed by atoms with Crippen LogP contribution in [-0.2, 0) is 19.6 Å². The van der Waals surface area contributed by atoms with E-state index in [1.54, 1.807) is 0 Å². The number of rotatable bonds is 13. The Bertz CT molecular complexity index is 409. The zero-order chi connectivity index (χ0) is 17.1. The number of alkyl halides is 2. The van der Waals surface area contributed by atoms with Gasteiger partial charge in [0.15, 0.2) is 6.61 Å². The Balaban J connectivity index is 3.59. The van der Waals surface area contributed by atoms with Crippen molar-refractivity contribution < 1.29 is 31.3 Å². The van der Waals surface area contributed by atoms with Gasteiger partial charge in [-0.1, -0.05) is 58.3 Å². The SMILES string of the molecule is CCCCCCCCCCCC(=O)OCC(F)(F)S(=O)(=O)O. The van der Waals surface area contributed by atoms with Crippen LogP contribution in [0.5, 0.6) is 0 Å². The van der Waals surface area contributed by atoms with E-state index in [1.165, 1.54) is 25.7 Å². The van der Waals surface area contributed by atoms with Gasteiger partial charge in [0.2, 0.25) is 0 Å². The minimum Gasteiger partial charge on any atom is -0.458 e. The van der Waals surface area contributed by atoms with E-state index in [-0.39, 0.29) is 6.42 Å². The van der Waals surface area contributed by atoms with Gasteiger partial charge in [-0.3, -0.25) is 9.35 Å². The smallest absolute Gasteiger partial charge is 0.402 e. The second-order valence-electron chi connectivity index (χ2n) is 5.35. The Kier molecular flexibility index (Phi) is 10.5. The van der Waals surface area contributed by atoms with E-state index in [9.17, 15) is 22.0 Å². The molecule has 0 radical (unpaired) electrons. The van der Waals surface area contributed by atoms with E-state index in [4.69, 9.17) is 4.55 Å². The second-order valence-corrected chi connectivity index (χ2v) is 6.90. The minimum absolute atomic E-state index is 0.0304. The minimum atomic E-state index is -5.55. The Labute approximate surface area is 131 Å².